The highest BCUT2D eigenvalue weighted by Gasteiger charge is 2.53. The number of fused-ring (bicyclic) bond motifs is 5. The lowest BCUT2D eigenvalue weighted by molar-refractivity contribution is -0.152. The monoisotopic (exact) mass is 206 g/mol. The molecule has 2 heteroatoms. The first-order valence-corrected chi connectivity index (χ1v) is 6.15. The standard InChI is InChI=1S/C13H18O2/c1-2-13(14)15-12-7-8-6-11(12)10-5-3-4-9(8)10/h3-4,8-12H,2,5-7H2,1H3/t8?,9-,10-,11?,12-/m0/s1. The number of carbonyl (C=O) groups is 1. The molecule has 2 nitrogen and oxygen atoms in total. The second-order valence-electron chi connectivity index (χ2n) is 5.18. The molecule has 0 aromatic heterocycles. The number of ether oxygens (including phenoxy) is 1. The normalized spacial score (nSPS) is 45.8. The predicted octanol–water partition coefficient (Wildman–Crippen LogP) is 2.54. The van der Waals surface area contributed by atoms with Crippen LogP contribution in [0.1, 0.15) is 32.6 Å². The summed E-state index contributed by atoms with van der Waals surface area (Å²) in [7, 11) is 0. The Morgan fingerprint density at radius 1 is 1.40 bits per heavy atom. The van der Waals surface area contributed by atoms with Crippen LogP contribution < -0.4 is 0 Å². The van der Waals surface area contributed by atoms with Crippen LogP contribution in [-0.2, 0) is 9.53 Å². The maximum Gasteiger partial charge on any atom is 0.305 e. The van der Waals surface area contributed by atoms with E-state index in [1.165, 1.54) is 12.8 Å². The summed E-state index contributed by atoms with van der Waals surface area (Å²) in [5.41, 5.74) is 0. The molecule has 2 unspecified atom stereocenters. The Morgan fingerprint density at radius 2 is 2.27 bits per heavy atom. The van der Waals surface area contributed by atoms with Crippen LogP contribution in [-0.4, -0.2) is 12.1 Å². The van der Waals surface area contributed by atoms with Crippen LogP contribution in [0.15, 0.2) is 12.2 Å². The minimum atomic E-state index is -0.0185. The molecular weight excluding hydrogens is 188 g/mol. The lowest BCUT2D eigenvalue weighted by atomic mass is 9.80. The van der Waals surface area contributed by atoms with Crippen molar-refractivity contribution >= 4 is 5.97 Å². The van der Waals surface area contributed by atoms with Gasteiger partial charge in [-0.1, -0.05) is 19.1 Å². The molecule has 0 radical (unpaired) electrons. The molecule has 2 fully saturated rings. The van der Waals surface area contributed by atoms with Gasteiger partial charge in [-0.25, -0.2) is 0 Å². The van der Waals surface area contributed by atoms with Crippen molar-refractivity contribution in [3.63, 3.8) is 0 Å². The molecule has 5 atom stereocenters. The van der Waals surface area contributed by atoms with E-state index in [9.17, 15) is 4.79 Å². The molecule has 0 spiro atoms. The zero-order valence-electron chi connectivity index (χ0n) is 9.19. The number of allylic oxidation sites excluding steroid dienone is 2. The average molecular weight is 206 g/mol. The summed E-state index contributed by atoms with van der Waals surface area (Å²) < 4.78 is 5.54. The molecule has 0 aromatic carbocycles. The zero-order valence-corrected chi connectivity index (χ0v) is 9.19. The van der Waals surface area contributed by atoms with E-state index in [0.717, 1.165) is 24.2 Å². The molecule has 0 amide bonds. The summed E-state index contributed by atoms with van der Waals surface area (Å²) in [6, 6.07) is 0. The summed E-state index contributed by atoms with van der Waals surface area (Å²) in [6.45, 7) is 1.87. The van der Waals surface area contributed by atoms with Gasteiger partial charge in [0.05, 0.1) is 0 Å². The van der Waals surface area contributed by atoms with Gasteiger partial charge in [-0.15, -0.1) is 0 Å². The Kier molecular flexibility index (Phi) is 2.11. The van der Waals surface area contributed by atoms with Gasteiger partial charge in [0.15, 0.2) is 0 Å². The van der Waals surface area contributed by atoms with Crippen molar-refractivity contribution in [2.75, 3.05) is 0 Å². The molecule has 15 heavy (non-hydrogen) atoms. The smallest absolute Gasteiger partial charge is 0.305 e. The Labute approximate surface area is 90.7 Å². The van der Waals surface area contributed by atoms with E-state index in [1.807, 2.05) is 6.92 Å². The fraction of sp³-hybridized carbons (Fsp3) is 0.769. The second-order valence-corrected chi connectivity index (χ2v) is 5.18. The van der Waals surface area contributed by atoms with Crippen LogP contribution in [0.5, 0.6) is 0 Å². The Hall–Kier alpha value is -0.790. The molecule has 3 aliphatic rings. The van der Waals surface area contributed by atoms with E-state index < -0.39 is 0 Å². The number of carbonyl (C=O) groups excluding carboxylic acids is 1. The van der Waals surface area contributed by atoms with Crippen LogP contribution in [0.3, 0.4) is 0 Å². The van der Waals surface area contributed by atoms with Gasteiger partial charge in [0.2, 0.25) is 0 Å². The molecule has 0 aromatic rings. The van der Waals surface area contributed by atoms with E-state index in [4.69, 9.17) is 4.74 Å². The lowest BCUT2D eigenvalue weighted by Gasteiger charge is -2.30. The maximum absolute atomic E-state index is 11.3. The highest BCUT2D eigenvalue weighted by molar-refractivity contribution is 5.69. The summed E-state index contributed by atoms with van der Waals surface area (Å²) in [6.07, 6.45) is 9.09. The molecule has 3 aliphatic carbocycles. The number of hydrogen-bond donors (Lipinski definition) is 0. The fourth-order valence-corrected chi connectivity index (χ4v) is 3.88. The van der Waals surface area contributed by atoms with Crippen LogP contribution >= 0.6 is 0 Å². The Balaban J connectivity index is 1.69. The molecule has 0 N–H and O–H groups in total. The summed E-state index contributed by atoms with van der Waals surface area (Å²) >= 11 is 0. The van der Waals surface area contributed by atoms with Crippen LogP contribution in [0, 0.1) is 23.7 Å². The highest BCUT2D eigenvalue weighted by Crippen LogP contribution is 2.57. The van der Waals surface area contributed by atoms with Crippen molar-refractivity contribution in [3.05, 3.63) is 12.2 Å². The van der Waals surface area contributed by atoms with Gasteiger partial charge in [0.25, 0.3) is 0 Å². The summed E-state index contributed by atoms with van der Waals surface area (Å²) in [5.74, 6) is 3.04. The van der Waals surface area contributed by atoms with Gasteiger partial charge in [-0.3, -0.25) is 4.79 Å². The minimum absolute atomic E-state index is 0.0185. The van der Waals surface area contributed by atoms with Gasteiger partial charge >= 0.3 is 5.97 Å². The van der Waals surface area contributed by atoms with Gasteiger partial charge in [-0.05, 0) is 42.9 Å². The van der Waals surface area contributed by atoms with Crippen LogP contribution in [0.25, 0.3) is 0 Å². The van der Waals surface area contributed by atoms with Crippen molar-refractivity contribution in [2.24, 2.45) is 23.7 Å². The van der Waals surface area contributed by atoms with Crippen LogP contribution in [0.2, 0.25) is 0 Å². The Morgan fingerprint density at radius 3 is 3.07 bits per heavy atom. The topological polar surface area (TPSA) is 26.3 Å². The predicted molar refractivity (Wildman–Crippen MR) is 57.1 cm³/mol. The van der Waals surface area contributed by atoms with Crippen molar-refractivity contribution in [1.82, 2.24) is 0 Å². The van der Waals surface area contributed by atoms with Gasteiger partial charge in [-0.2, -0.15) is 0 Å². The number of esters is 1. The zero-order chi connectivity index (χ0) is 10.4. The SMILES string of the molecule is CCC(=O)O[C@H]1CC2CC1[C@H]1CC=C[C@@H]21. The molecule has 0 aliphatic heterocycles. The molecule has 3 rings (SSSR count). The lowest BCUT2D eigenvalue weighted by Crippen LogP contribution is -2.32. The minimum Gasteiger partial charge on any atom is -0.462 e. The third kappa shape index (κ3) is 1.34. The summed E-state index contributed by atoms with van der Waals surface area (Å²) in [5, 5.41) is 0. The molecule has 82 valence electrons. The van der Waals surface area contributed by atoms with Crippen molar-refractivity contribution in [2.45, 2.75) is 38.7 Å². The van der Waals surface area contributed by atoms with E-state index >= 15 is 0 Å². The van der Waals surface area contributed by atoms with Gasteiger partial charge in [0.1, 0.15) is 6.10 Å². The third-order valence-corrected chi connectivity index (χ3v) is 4.51. The van der Waals surface area contributed by atoms with Gasteiger partial charge in [0, 0.05) is 6.42 Å². The quantitative estimate of drug-likeness (QED) is 0.512. The first kappa shape index (κ1) is 9.44. The Bertz CT molecular complexity index is 308. The fourth-order valence-electron chi connectivity index (χ4n) is 3.88. The average Bonchev–Trinajstić information content (AvgIpc) is 2.87. The maximum atomic E-state index is 11.3. The number of rotatable bonds is 2. The molecule has 2 bridgehead atoms. The van der Waals surface area contributed by atoms with E-state index in [1.54, 1.807) is 0 Å². The van der Waals surface area contributed by atoms with E-state index in [2.05, 4.69) is 12.2 Å². The first-order valence-electron chi connectivity index (χ1n) is 6.15. The van der Waals surface area contributed by atoms with Crippen molar-refractivity contribution in [1.29, 1.82) is 0 Å². The molecule has 0 saturated heterocycles. The molecular formula is C13H18O2. The molecule has 2 saturated carbocycles. The van der Waals surface area contributed by atoms with E-state index in [0.29, 0.717) is 12.3 Å². The van der Waals surface area contributed by atoms with E-state index in [-0.39, 0.29) is 12.1 Å². The first-order chi connectivity index (χ1) is 7.29. The second kappa shape index (κ2) is 3.36. The van der Waals surface area contributed by atoms with Gasteiger partial charge < -0.3 is 4.74 Å². The molecule has 0 heterocycles. The largest absolute Gasteiger partial charge is 0.462 e. The van der Waals surface area contributed by atoms with Crippen LogP contribution in [0.4, 0.5) is 0 Å². The highest BCUT2D eigenvalue weighted by atomic mass is 16.5. The third-order valence-electron chi connectivity index (χ3n) is 4.51. The van der Waals surface area contributed by atoms with Crippen molar-refractivity contribution in [3.8, 4) is 0 Å². The summed E-state index contributed by atoms with van der Waals surface area (Å²) in [4.78, 5) is 11.3. The number of hydrogen-bond acceptors (Lipinski definition) is 2. The van der Waals surface area contributed by atoms with Crippen molar-refractivity contribution < 1.29 is 9.53 Å².